The van der Waals surface area contributed by atoms with E-state index in [4.69, 9.17) is 4.74 Å². The molecular formula is C23H25N3O4S3. The molecule has 0 bridgehead atoms. The number of hydrogen-bond acceptors (Lipinski definition) is 7. The van der Waals surface area contributed by atoms with Crippen LogP contribution in [0.15, 0.2) is 23.2 Å². The van der Waals surface area contributed by atoms with Gasteiger partial charge >= 0.3 is 5.97 Å². The minimum absolute atomic E-state index is 0.101. The van der Waals surface area contributed by atoms with Crippen LogP contribution in [-0.2, 0) is 33.7 Å². The molecule has 3 aromatic rings. The molecule has 0 aliphatic heterocycles. The molecule has 0 saturated heterocycles. The molecule has 0 unspecified atom stereocenters. The number of methoxy groups -OCH3 is 1. The van der Waals surface area contributed by atoms with E-state index >= 15 is 0 Å². The number of esters is 1. The van der Waals surface area contributed by atoms with Crippen molar-refractivity contribution in [3.63, 3.8) is 0 Å². The van der Waals surface area contributed by atoms with E-state index < -0.39 is 5.97 Å². The molecular weight excluding hydrogens is 478 g/mol. The fourth-order valence-electron chi connectivity index (χ4n) is 3.91. The summed E-state index contributed by atoms with van der Waals surface area (Å²) < 4.78 is 8.04. The summed E-state index contributed by atoms with van der Waals surface area (Å²) in [5.41, 5.74) is 3.70. The minimum atomic E-state index is -0.422. The Morgan fingerprint density at radius 2 is 2.03 bits per heavy atom. The first-order valence-corrected chi connectivity index (χ1v) is 13.5. The number of anilines is 1. The Balaban J connectivity index is 1.39. The van der Waals surface area contributed by atoms with Crippen molar-refractivity contribution >= 4 is 67.4 Å². The van der Waals surface area contributed by atoms with Gasteiger partial charge in [0.1, 0.15) is 5.00 Å². The van der Waals surface area contributed by atoms with Gasteiger partial charge in [-0.25, -0.2) is 4.79 Å². The average molecular weight is 504 g/mol. The molecule has 0 radical (unpaired) electrons. The van der Waals surface area contributed by atoms with Crippen molar-refractivity contribution in [3.05, 3.63) is 44.6 Å². The van der Waals surface area contributed by atoms with Crippen molar-refractivity contribution < 1.29 is 19.1 Å². The number of nitrogens with one attached hydrogen (secondary N) is 1. The Hall–Kier alpha value is -2.43. The summed E-state index contributed by atoms with van der Waals surface area (Å²) in [5.74, 6) is -0.740. The zero-order valence-electron chi connectivity index (χ0n) is 18.7. The first-order valence-electron chi connectivity index (χ1n) is 10.7. The summed E-state index contributed by atoms with van der Waals surface area (Å²) in [5, 5.41) is 3.37. The second kappa shape index (κ2) is 10.2. The SMILES string of the molecule is CCn1c(=NC(=O)CSCC(=O)Nc2sc3c(c2C(=O)OC)CCC3)sc2cc(C)ccc21. The molecule has 0 atom stereocenters. The van der Waals surface area contributed by atoms with Crippen LogP contribution in [0.2, 0.25) is 0 Å². The summed E-state index contributed by atoms with van der Waals surface area (Å²) >= 11 is 4.14. The molecule has 0 spiro atoms. The lowest BCUT2D eigenvalue weighted by molar-refractivity contribution is -0.115. The molecule has 2 heterocycles. The molecule has 1 aliphatic carbocycles. The predicted octanol–water partition coefficient (Wildman–Crippen LogP) is 4.17. The second-order valence-corrected chi connectivity index (χ2v) is 10.8. The van der Waals surface area contributed by atoms with Gasteiger partial charge in [-0.3, -0.25) is 9.59 Å². The normalized spacial score (nSPS) is 13.4. The number of carbonyl (C=O) groups excluding carboxylic acids is 3. The molecule has 174 valence electrons. The third-order valence-corrected chi connectivity index (χ3v) is 8.56. The van der Waals surface area contributed by atoms with Crippen molar-refractivity contribution in [1.82, 2.24) is 4.57 Å². The van der Waals surface area contributed by atoms with Gasteiger partial charge in [0.15, 0.2) is 4.80 Å². The molecule has 2 amide bonds. The molecule has 0 fully saturated rings. The van der Waals surface area contributed by atoms with Gasteiger partial charge in [-0.1, -0.05) is 17.4 Å². The van der Waals surface area contributed by atoms with Gasteiger partial charge in [0.2, 0.25) is 5.91 Å². The summed E-state index contributed by atoms with van der Waals surface area (Å²) in [7, 11) is 1.35. The Morgan fingerprint density at radius 1 is 1.21 bits per heavy atom. The van der Waals surface area contributed by atoms with Crippen LogP contribution in [0.1, 0.15) is 39.7 Å². The molecule has 1 N–H and O–H groups in total. The number of rotatable bonds is 7. The van der Waals surface area contributed by atoms with E-state index in [1.165, 1.54) is 41.5 Å². The van der Waals surface area contributed by atoms with Crippen molar-refractivity contribution in [2.45, 2.75) is 39.7 Å². The lowest BCUT2D eigenvalue weighted by Crippen LogP contribution is -2.18. The lowest BCUT2D eigenvalue weighted by atomic mass is 10.1. The molecule has 7 nitrogen and oxygen atoms in total. The molecule has 33 heavy (non-hydrogen) atoms. The summed E-state index contributed by atoms with van der Waals surface area (Å²) in [6.07, 6.45) is 2.75. The van der Waals surface area contributed by atoms with Crippen LogP contribution in [0.3, 0.4) is 0 Å². The number of thiazole rings is 1. The van der Waals surface area contributed by atoms with Gasteiger partial charge in [-0.2, -0.15) is 4.99 Å². The Kier molecular flexibility index (Phi) is 7.35. The Labute approximate surface area is 203 Å². The standard InChI is InChI=1S/C23H25N3O4S3/c1-4-26-15-9-8-13(2)10-17(15)33-23(26)25-19(28)12-31-11-18(27)24-21-20(22(29)30-3)14-6-5-7-16(14)32-21/h8-10H,4-7,11-12H2,1-3H3,(H,24,27). The van der Waals surface area contributed by atoms with Crippen LogP contribution in [0, 0.1) is 6.92 Å². The molecule has 4 rings (SSSR count). The first kappa shape index (κ1) is 23.7. The van der Waals surface area contributed by atoms with Crippen molar-refractivity contribution in [2.75, 3.05) is 23.9 Å². The van der Waals surface area contributed by atoms with Gasteiger partial charge in [-0.05, 0) is 56.4 Å². The van der Waals surface area contributed by atoms with E-state index in [9.17, 15) is 14.4 Å². The quantitative estimate of drug-likeness (QED) is 0.489. The molecule has 0 saturated carbocycles. The number of aromatic nitrogens is 1. The topological polar surface area (TPSA) is 89.8 Å². The van der Waals surface area contributed by atoms with Gasteiger partial charge in [0.05, 0.1) is 34.4 Å². The number of nitrogens with zero attached hydrogens (tertiary/aromatic N) is 2. The first-order chi connectivity index (χ1) is 15.9. The fraction of sp³-hybridized carbons (Fsp3) is 0.391. The van der Waals surface area contributed by atoms with Crippen molar-refractivity contribution in [3.8, 4) is 0 Å². The van der Waals surface area contributed by atoms with Crippen LogP contribution < -0.4 is 10.1 Å². The average Bonchev–Trinajstić information content (AvgIpc) is 3.45. The number of thiophene rings is 1. The molecule has 10 heteroatoms. The van der Waals surface area contributed by atoms with Crippen LogP contribution in [-0.4, -0.2) is 41.0 Å². The zero-order valence-corrected chi connectivity index (χ0v) is 21.2. The highest BCUT2D eigenvalue weighted by atomic mass is 32.2. The number of aryl methyl sites for hydroxylation is 3. The van der Waals surface area contributed by atoms with E-state index in [2.05, 4.69) is 28.5 Å². The Bertz CT molecular complexity index is 1300. The molecule has 2 aromatic heterocycles. The van der Waals surface area contributed by atoms with Crippen molar-refractivity contribution in [2.24, 2.45) is 4.99 Å². The number of ether oxygens (including phenoxy) is 1. The number of thioether (sulfide) groups is 1. The number of carbonyl (C=O) groups is 3. The number of benzene rings is 1. The highest BCUT2D eigenvalue weighted by Gasteiger charge is 2.28. The smallest absolute Gasteiger partial charge is 0.341 e. The summed E-state index contributed by atoms with van der Waals surface area (Å²) in [6, 6.07) is 6.20. The third-order valence-electron chi connectivity index (χ3n) is 5.40. The van der Waals surface area contributed by atoms with Crippen LogP contribution in [0.25, 0.3) is 10.2 Å². The molecule has 1 aliphatic rings. The highest BCUT2D eigenvalue weighted by Crippen LogP contribution is 2.39. The van der Waals surface area contributed by atoms with E-state index in [1.54, 1.807) is 0 Å². The Morgan fingerprint density at radius 3 is 2.79 bits per heavy atom. The monoisotopic (exact) mass is 503 g/mol. The van der Waals surface area contributed by atoms with E-state index in [-0.39, 0.29) is 23.3 Å². The molecule has 1 aromatic carbocycles. The van der Waals surface area contributed by atoms with Crippen molar-refractivity contribution in [1.29, 1.82) is 0 Å². The van der Waals surface area contributed by atoms with E-state index in [1.807, 2.05) is 18.4 Å². The minimum Gasteiger partial charge on any atom is -0.465 e. The van der Waals surface area contributed by atoms with E-state index in [0.717, 1.165) is 52.0 Å². The lowest BCUT2D eigenvalue weighted by Gasteiger charge is -2.06. The second-order valence-electron chi connectivity index (χ2n) is 7.70. The highest BCUT2D eigenvalue weighted by molar-refractivity contribution is 8.00. The van der Waals surface area contributed by atoms with Gasteiger partial charge in [0, 0.05) is 11.4 Å². The zero-order chi connectivity index (χ0) is 23.5. The maximum Gasteiger partial charge on any atom is 0.341 e. The fourth-order valence-corrected chi connectivity index (χ4v) is 7.02. The summed E-state index contributed by atoms with van der Waals surface area (Å²) in [4.78, 5) is 43.2. The number of hydrogen-bond donors (Lipinski definition) is 1. The number of amides is 2. The van der Waals surface area contributed by atoms with Gasteiger partial charge in [0.25, 0.3) is 5.91 Å². The predicted molar refractivity (Wildman–Crippen MR) is 134 cm³/mol. The van der Waals surface area contributed by atoms with E-state index in [0.29, 0.717) is 15.4 Å². The summed E-state index contributed by atoms with van der Waals surface area (Å²) in [6.45, 7) is 4.78. The third kappa shape index (κ3) is 5.07. The van der Waals surface area contributed by atoms with Gasteiger partial charge < -0.3 is 14.6 Å². The van der Waals surface area contributed by atoms with Crippen LogP contribution >= 0.6 is 34.4 Å². The maximum absolute atomic E-state index is 12.5. The largest absolute Gasteiger partial charge is 0.465 e. The van der Waals surface area contributed by atoms with Crippen LogP contribution in [0.5, 0.6) is 0 Å². The number of fused-ring (bicyclic) bond motifs is 2. The maximum atomic E-state index is 12.5. The van der Waals surface area contributed by atoms with Crippen LogP contribution in [0.4, 0.5) is 5.00 Å². The van der Waals surface area contributed by atoms with Gasteiger partial charge in [-0.15, -0.1) is 23.1 Å².